The molecule has 148 valence electrons. The van der Waals surface area contributed by atoms with Crippen molar-refractivity contribution in [2.24, 2.45) is 0 Å². The summed E-state index contributed by atoms with van der Waals surface area (Å²) < 4.78 is 27.6. The Balaban J connectivity index is 1.88. The van der Waals surface area contributed by atoms with E-state index < -0.39 is 27.9 Å². The van der Waals surface area contributed by atoms with Gasteiger partial charge in [0.15, 0.2) is 0 Å². The van der Waals surface area contributed by atoms with E-state index in [1.165, 1.54) is 21.3 Å². The molecule has 27 heavy (non-hydrogen) atoms. The topological polar surface area (TPSA) is 95.0 Å². The van der Waals surface area contributed by atoms with Crippen molar-refractivity contribution >= 4 is 21.9 Å². The van der Waals surface area contributed by atoms with Crippen LogP contribution in [0, 0.1) is 0 Å². The molecule has 1 amide bonds. The number of carboxylic acid groups (broad SMARTS) is 1. The van der Waals surface area contributed by atoms with Gasteiger partial charge in [-0.1, -0.05) is 12.5 Å². The monoisotopic (exact) mass is 394 g/mol. The Bertz CT molecular complexity index is 823. The molecular weight excluding hydrogens is 368 g/mol. The van der Waals surface area contributed by atoms with Gasteiger partial charge in [0.2, 0.25) is 10.0 Å². The van der Waals surface area contributed by atoms with Gasteiger partial charge < -0.3 is 10.0 Å². The number of carbonyl (C=O) groups excluding carboxylic acids is 1. The lowest BCUT2D eigenvalue weighted by molar-refractivity contribution is -0.143. The van der Waals surface area contributed by atoms with Gasteiger partial charge in [-0.2, -0.15) is 4.31 Å². The van der Waals surface area contributed by atoms with E-state index in [4.69, 9.17) is 0 Å². The summed E-state index contributed by atoms with van der Waals surface area (Å²) in [5.41, 5.74) is 0.217. The molecule has 0 unspecified atom stereocenters. The molecule has 2 atom stereocenters. The first kappa shape index (κ1) is 19.8. The molecule has 2 aliphatic rings. The molecule has 8 heteroatoms. The first-order valence-electron chi connectivity index (χ1n) is 9.48. The highest BCUT2D eigenvalue weighted by atomic mass is 32.2. The van der Waals surface area contributed by atoms with Crippen molar-refractivity contribution in [2.75, 3.05) is 13.1 Å². The van der Waals surface area contributed by atoms with Gasteiger partial charge >= 0.3 is 5.97 Å². The third-order valence-electron chi connectivity index (χ3n) is 5.48. The first-order valence-corrected chi connectivity index (χ1v) is 10.9. The van der Waals surface area contributed by atoms with Crippen LogP contribution < -0.4 is 0 Å². The number of likely N-dealkylation sites (tertiary alicyclic amines) is 1. The predicted molar refractivity (Wildman–Crippen MR) is 100.0 cm³/mol. The van der Waals surface area contributed by atoms with E-state index in [1.54, 1.807) is 12.1 Å². The van der Waals surface area contributed by atoms with E-state index in [0.717, 1.165) is 32.1 Å². The van der Waals surface area contributed by atoms with Gasteiger partial charge in [-0.3, -0.25) is 4.79 Å². The van der Waals surface area contributed by atoms with Crippen molar-refractivity contribution in [3.8, 4) is 0 Å². The van der Waals surface area contributed by atoms with Gasteiger partial charge in [0, 0.05) is 24.7 Å². The SMILES string of the molecule is C[C@@H]1CCCCN1S(=O)(=O)c1cccc(C(=O)N2CCCC[C@H]2C(=O)O)c1. The van der Waals surface area contributed by atoms with Crippen LogP contribution in [0.5, 0.6) is 0 Å². The van der Waals surface area contributed by atoms with Gasteiger partial charge in [0.25, 0.3) is 5.91 Å². The fraction of sp³-hybridized carbons (Fsp3) is 0.579. The lowest BCUT2D eigenvalue weighted by atomic mass is 10.0. The Kier molecular flexibility index (Phi) is 5.86. The summed E-state index contributed by atoms with van der Waals surface area (Å²) in [4.78, 5) is 25.8. The summed E-state index contributed by atoms with van der Waals surface area (Å²) in [6.45, 7) is 2.75. The average molecular weight is 394 g/mol. The van der Waals surface area contributed by atoms with Crippen LogP contribution in [-0.4, -0.2) is 59.8 Å². The summed E-state index contributed by atoms with van der Waals surface area (Å²) in [5.74, 6) is -1.44. The summed E-state index contributed by atoms with van der Waals surface area (Å²) in [6, 6.07) is 5.06. The van der Waals surface area contributed by atoms with Crippen LogP contribution >= 0.6 is 0 Å². The van der Waals surface area contributed by atoms with Gasteiger partial charge in [0.1, 0.15) is 6.04 Å². The number of benzene rings is 1. The zero-order chi connectivity index (χ0) is 19.6. The number of amides is 1. The third kappa shape index (κ3) is 4.01. The minimum absolute atomic E-state index is 0.0680. The third-order valence-corrected chi connectivity index (χ3v) is 7.49. The number of aliphatic carboxylic acids is 1. The molecule has 7 nitrogen and oxygen atoms in total. The molecule has 0 radical (unpaired) electrons. The highest BCUT2D eigenvalue weighted by Gasteiger charge is 2.34. The van der Waals surface area contributed by atoms with E-state index in [9.17, 15) is 23.1 Å². The molecule has 0 aliphatic carbocycles. The van der Waals surface area contributed by atoms with Gasteiger partial charge in [-0.05, 0) is 57.2 Å². The van der Waals surface area contributed by atoms with Crippen molar-refractivity contribution in [2.45, 2.75) is 62.4 Å². The number of rotatable bonds is 4. The molecule has 1 N–H and O–H groups in total. The Labute approximate surface area is 160 Å². The Morgan fingerprint density at radius 2 is 1.78 bits per heavy atom. The van der Waals surface area contributed by atoms with E-state index in [2.05, 4.69) is 0 Å². The van der Waals surface area contributed by atoms with Crippen LogP contribution in [0.15, 0.2) is 29.2 Å². The van der Waals surface area contributed by atoms with E-state index in [-0.39, 0.29) is 16.5 Å². The van der Waals surface area contributed by atoms with E-state index >= 15 is 0 Å². The minimum atomic E-state index is -3.68. The van der Waals surface area contributed by atoms with Crippen LogP contribution in [0.3, 0.4) is 0 Å². The number of sulfonamides is 1. The van der Waals surface area contributed by atoms with E-state index in [0.29, 0.717) is 19.5 Å². The maximum absolute atomic E-state index is 13.0. The van der Waals surface area contributed by atoms with Crippen molar-refractivity contribution in [3.63, 3.8) is 0 Å². The van der Waals surface area contributed by atoms with E-state index in [1.807, 2.05) is 6.92 Å². The standard InChI is InChI=1S/C19H26N2O5S/c1-14-7-2-5-12-21(14)27(25,26)16-9-6-8-15(13-16)18(22)20-11-4-3-10-17(20)19(23)24/h6,8-9,13-14,17H,2-5,7,10-12H2,1H3,(H,23,24)/t14-,17+/m1/s1. The highest BCUT2D eigenvalue weighted by Crippen LogP contribution is 2.26. The Hall–Kier alpha value is -1.93. The largest absolute Gasteiger partial charge is 0.480 e. The molecule has 2 saturated heterocycles. The number of hydrogen-bond acceptors (Lipinski definition) is 4. The van der Waals surface area contributed by atoms with Crippen LogP contribution in [0.2, 0.25) is 0 Å². The molecule has 0 saturated carbocycles. The summed E-state index contributed by atoms with van der Waals surface area (Å²) in [7, 11) is -3.68. The Morgan fingerprint density at radius 3 is 2.48 bits per heavy atom. The lowest BCUT2D eigenvalue weighted by Gasteiger charge is -2.33. The molecular formula is C19H26N2O5S. The van der Waals surface area contributed by atoms with Crippen molar-refractivity contribution in [1.29, 1.82) is 0 Å². The summed E-state index contributed by atoms with van der Waals surface area (Å²) in [6.07, 6.45) is 4.60. The maximum atomic E-state index is 13.0. The number of carbonyl (C=O) groups is 2. The van der Waals surface area contributed by atoms with Crippen LogP contribution in [-0.2, 0) is 14.8 Å². The van der Waals surface area contributed by atoms with Crippen LogP contribution in [0.1, 0.15) is 55.8 Å². The average Bonchev–Trinajstić information content (AvgIpc) is 2.67. The van der Waals surface area contributed by atoms with Crippen LogP contribution in [0.4, 0.5) is 0 Å². The molecule has 1 aromatic rings. The molecule has 0 aromatic heterocycles. The maximum Gasteiger partial charge on any atom is 0.326 e. The minimum Gasteiger partial charge on any atom is -0.480 e. The number of carboxylic acids is 1. The van der Waals surface area contributed by atoms with Crippen LogP contribution in [0.25, 0.3) is 0 Å². The molecule has 2 heterocycles. The zero-order valence-electron chi connectivity index (χ0n) is 15.5. The van der Waals surface area contributed by atoms with Gasteiger partial charge in [-0.25, -0.2) is 13.2 Å². The fourth-order valence-corrected chi connectivity index (χ4v) is 5.70. The number of nitrogens with zero attached hydrogens (tertiary/aromatic N) is 2. The highest BCUT2D eigenvalue weighted by molar-refractivity contribution is 7.89. The van der Waals surface area contributed by atoms with Crippen molar-refractivity contribution in [1.82, 2.24) is 9.21 Å². The normalized spacial score (nSPS) is 24.6. The molecule has 1 aromatic carbocycles. The number of hydrogen-bond donors (Lipinski definition) is 1. The summed E-state index contributed by atoms with van der Waals surface area (Å²) in [5, 5.41) is 9.39. The molecule has 0 bridgehead atoms. The lowest BCUT2D eigenvalue weighted by Crippen LogP contribution is -2.48. The molecule has 0 spiro atoms. The van der Waals surface area contributed by atoms with Gasteiger partial charge in [-0.15, -0.1) is 0 Å². The Morgan fingerprint density at radius 1 is 1.07 bits per heavy atom. The fourth-order valence-electron chi connectivity index (χ4n) is 3.95. The second kappa shape index (κ2) is 7.98. The van der Waals surface area contributed by atoms with Gasteiger partial charge in [0.05, 0.1) is 4.90 Å². The second-order valence-electron chi connectivity index (χ2n) is 7.34. The zero-order valence-corrected chi connectivity index (χ0v) is 16.3. The number of piperidine rings is 2. The predicted octanol–water partition coefficient (Wildman–Crippen LogP) is 2.33. The summed E-state index contributed by atoms with van der Waals surface area (Å²) >= 11 is 0. The van der Waals surface area contributed by atoms with Crippen molar-refractivity contribution < 1.29 is 23.1 Å². The smallest absolute Gasteiger partial charge is 0.326 e. The molecule has 2 fully saturated rings. The second-order valence-corrected chi connectivity index (χ2v) is 9.23. The van der Waals surface area contributed by atoms with Crippen molar-refractivity contribution in [3.05, 3.63) is 29.8 Å². The molecule has 2 aliphatic heterocycles. The first-order chi connectivity index (χ1) is 12.8. The molecule has 3 rings (SSSR count). The quantitative estimate of drug-likeness (QED) is 0.846.